The van der Waals surface area contributed by atoms with Gasteiger partial charge >= 0.3 is 0 Å². The second-order valence-corrected chi connectivity index (χ2v) is 14.2. The fourth-order valence-corrected chi connectivity index (χ4v) is 8.20. The van der Waals surface area contributed by atoms with Crippen molar-refractivity contribution in [1.82, 2.24) is 24.5 Å². The van der Waals surface area contributed by atoms with Gasteiger partial charge in [0.25, 0.3) is 0 Å². The van der Waals surface area contributed by atoms with E-state index < -0.39 is 0 Å². The molecular formula is C50H29N5O2. The first-order valence-electron chi connectivity index (χ1n) is 18.9. The fraction of sp³-hybridized carbons (Fsp3) is 0. The molecule has 12 aromatic rings. The maximum absolute atomic E-state index is 6.62. The van der Waals surface area contributed by atoms with Crippen LogP contribution in [0, 0.1) is 0 Å². The molecule has 0 saturated carbocycles. The molecule has 0 spiro atoms. The summed E-state index contributed by atoms with van der Waals surface area (Å²) < 4.78 is 15.1. The first-order chi connectivity index (χ1) is 28.2. The molecule has 0 fully saturated rings. The number of nitrogens with zero attached hydrogens (tertiary/aromatic N) is 5. The number of hydrogen-bond donors (Lipinski definition) is 0. The van der Waals surface area contributed by atoms with Crippen LogP contribution < -0.4 is 0 Å². The van der Waals surface area contributed by atoms with Gasteiger partial charge in [-0.3, -0.25) is 4.57 Å². The molecule has 0 amide bonds. The van der Waals surface area contributed by atoms with Crippen LogP contribution in [0.2, 0.25) is 0 Å². The van der Waals surface area contributed by atoms with Gasteiger partial charge in [-0.25, -0.2) is 9.97 Å². The summed E-state index contributed by atoms with van der Waals surface area (Å²) in [6, 6.07) is 59.9. The molecule has 0 atom stereocenters. The van der Waals surface area contributed by atoms with Gasteiger partial charge in [-0.15, -0.1) is 0 Å². The number of hydrogen-bond acceptors (Lipinski definition) is 6. The minimum Gasteiger partial charge on any atom is -0.456 e. The van der Waals surface area contributed by atoms with E-state index in [-0.39, 0.29) is 0 Å². The van der Waals surface area contributed by atoms with Crippen LogP contribution in [0.4, 0.5) is 0 Å². The Labute approximate surface area is 325 Å². The highest BCUT2D eigenvalue weighted by Crippen LogP contribution is 2.41. The Bertz CT molecular complexity index is 3510. The Morgan fingerprint density at radius 3 is 1.84 bits per heavy atom. The zero-order valence-corrected chi connectivity index (χ0v) is 30.3. The van der Waals surface area contributed by atoms with Crippen molar-refractivity contribution >= 4 is 65.6 Å². The van der Waals surface area contributed by atoms with Crippen molar-refractivity contribution in [3.05, 3.63) is 176 Å². The van der Waals surface area contributed by atoms with Gasteiger partial charge in [0, 0.05) is 43.6 Å². The lowest BCUT2D eigenvalue weighted by Crippen LogP contribution is -2.06. The summed E-state index contributed by atoms with van der Waals surface area (Å²) in [5.74, 6) is 2.20. The standard InChI is InChI=1S/C50H29N5O2/c1-3-11-30(12-4-1)31-19-21-33(22-20-31)47-52-48(35-23-26-37-36-15-8-10-18-42(36)56-43(37)29-35)54-50(53-47)55-40-17-9-7-16-38(40)45-41(55)28-25-32-24-27-39-46(44(32)45)57-49(51-39)34-13-5-2-6-14-34/h1-29H. The average Bonchev–Trinajstić information content (AvgIpc) is 3.99. The molecule has 0 aliphatic heterocycles. The normalized spacial score (nSPS) is 11.9. The van der Waals surface area contributed by atoms with E-state index in [2.05, 4.69) is 114 Å². The lowest BCUT2D eigenvalue weighted by Gasteiger charge is -2.11. The fourth-order valence-electron chi connectivity index (χ4n) is 8.20. The Morgan fingerprint density at radius 2 is 1.02 bits per heavy atom. The highest BCUT2D eigenvalue weighted by Gasteiger charge is 2.22. The van der Waals surface area contributed by atoms with Crippen LogP contribution >= 0.6 is 0 Å². The van der Waals surface area contributed by atoms with Crippen molar-refractivity contribution in [2.45, 2.75) is 0 Å². The maximum Gasteiger partial charge on any atom is 0.238 e. The van der Waals surface area contributed by atoms with Gasteiger partial charge in [0.15, 0.2) is 17.2 Å². The number of para-hydroxylation sites is 2. The van der Waals surface area contributed by atoms with Gasteiger partial charge in [-0.2, -0.15) is 9.97 Å². The van der Waals surface area contributed by atoms with Crippen LogP contribution in [0.5, 0.6) is 0 Å². The summed E-state index contributed by atoms with van der Waals surface area (Å²) in [4.78, 5) is 20.5. The van der Waals surface area contributed by atoms with Crippen LogP contribution in [-0.4, -0.2) is 24.5 Å². The molecule has 8 aromatic carbocycles. The number of rotatable bonds is 5. The number of furan rings is 1. The Morgan fingerprint density at radius 1 is 0.386 bits per heavy atom. The molecule has 0 unspecified atom stereocenters. The monoisotopic (exact) mass is 731 g/mol. The molecule has 0 saturated heterocycles. The van der Waals surface area contributed by atoms with E-state index in [0.717, 1.165) is 93.4 Å². The van der Waals surface area contributed by atoms with E-state index >= 15 is 0 Å². The predicted molar refractivity (Wildman–Crippen MR) is 228 cm³/mol. The highest BCUT2D eigenvalue weighted by atomic mass is 16.3. The first-order valence-corrected chi connectivity index (χ1v) is 18.9. The SMILES string of the molecule is c1ccc(-c2ccc(-c3nc(-c4ccc5c(c4)oc4ccccc45)nc(-n4c5ccccc5c5c6c(ccc7nc(-c8ccccc8)oc76)ccc54)n3)cc2)cc1. The van der Waals surface area contributed by atoms with E-state index in [0.29, 0.717) is 23.5 Å². The van der Waals surface area contributed by atoms with Crippen molar-refractivity contribution < 1.29 is 8.83 Å². The quantitative estimate of drug-likeness (QED) is 0.175. The van der Waals surface area contributed by atoms with Crippen molar-refractivity contribution in [3.8, 4) is 51.3 Å². The van der Waals surface area contributed by atoms with Crippen molar-refractivity contribution in [2.24, 2.45) is 0 Å². The van der Waals surface area contributed by atoms with E-state index in [1.165, 1.54) is 0 Å². The molecule has 0 bridgehead atoms. The van der Waals surface area contributed by atoms with Gasteiger partial charge in [-0.05, 0) is 65.0 Å². The van der Waals surface area contributed by atoms with E-state index in [1.807, 2.05) is 66.7 Å². The molecule has 7 nitrogen and oxygen atoms in total. The highest BCUT2D eigenvalue weighted by molar-refractivity contribution is 6.26. The number of fused-ring (bicyclic) bond motifs is 10. The third-order valence-corrected chi connectivity index (χ3v) is 10.9. The molecule has 0 aliphatic rings. The number of aromatic nitrogens is 5. The van der Waals surface area contributed by atoms with E-state index in [9.17, 15) is 0 Å². The largest absolute Gasteiger partial charge is 0.456 e. The maximum atomic E-state index is 6.62. The van der Waals surface area contributed by atoms with Crippen molar-refractivity contribution in [2.75, 3.05) is 0 Å². The smallest absolute Gasteiger partial charge is 0.238 e. The molecule has 7 heteroatoms. The molecule has 4 heterocycles. The summed E-state index contributed by atoms with van der Waals surface area (Å²) in [6.45, 7) is 0. The molecule has 0 N–H and O–H groups in total. The molecule has 266 valence electrons. The van der Waals surface area contributed by atoms with Crippen LogP contribution in [0.15, 0.2) is 185 Å². The van der Waals surface area contributed by atoms with Crippen LogP contribution in [0.3, 0.4) is 0 Å². The van der Waals surface area contributed by atoms with Crippen LogP contribution in [0.1, 0.15) is 0 Å². The molecule has 0 aliphatic carbocycles. The topological polar surface area (TPSA) is 82.8 Å². The second-order valence-electron chi connectivity index (χ2n) is 14.2. The number of benzene rings is 8. The zero-order chi connectivity index (χ0) is 37.5. The third-order valence-electron chi connectivity index (χ3n) is 10.9. The summed E-state index contributed by atoms with van der Waals surface area (Å²) in [7, 11) is 0. The van der Waals surface area contributed by atoms with Gasteiger partial charge in [0.1, 0.15) is 16.7 Å². The minimum atomic E-state index is 0.507. The Hall–Kier alpha value is -7.90. The minimum absolute atomic E-state index is 0.507. The summed E-state index contributed by atoms with van der Waals surface area (Å²) in [6.07, 6.45) is 0. The summed E-state index contributed by atoms with van der Waals surface area (Å²) >= 11 is 0. The third kappa shape index (κ3) is 4.99. The van der Waals surface area contributed by atoms with Gasteiger partial charge < -0.3 is 8.83 Å². The second kappa shape index (κ2) is 12.3. The van der Waals surface area contributed by atoms with Crippen LogP contribution in [-0.2, 0) is 0 Å². The van der Waals surface area contributed by atoms with Gasteiger partial charge in [0.2, 0.25) is 11.8 Å². The van der Waals surface area contributed by atoms with Gasteiger partial charge in [-0.1, -0.05) is 127 Å². The first kappa shape index (κ1) is 31.5. The van der Waals surface area contributed by atoms with E-state index in [1.54, 1.807) is 0 Å². The van der Waals surface area contributed by atoms with Crippen molar-refractivity contribution in [3.63, 3.8) is 0 Å². The van der Waals surface area contributed by atoms with Gasteiger partial charge in [0.05, 0.1) is 11.0 Å². The van der Waals surface area contributed by atoms with Crippen LogP contribution in [0.25, 0.3) is 117 Å². The molecule has 57 heavy (non-hydrogen) atoms. The zero-order valence-electron chi connectivity index (χ0n) is 30.3. The predicted octanol–water partition coefficient (Wildman–Crippen LogP) is 12.8. The average molecular weight is 732 g/mol. The molecular weight excluding hydrogens is 703 g/mol. The molecule has 12 rings (SSSR count). The van der Waals surface area contributed by atoms with Crippen molar-refractivity contribution in [1.29, 1.82) is 0 Å². The summed E-state index contributed by atoms with van der Waals surface area (Å²) in [5, 5.41) is 6.28. The molecule has 4 aromatic heterocycles. The molecule has 0 radical (unpaired) electrons. The van der Waals surface area contributed by atoms with E-state index in [4.69, 9.17) is 28.8 Å². The lowest BCUT2D eigenvalue weighted by molar-refractivity contribution is 0.623. The lowest BCUT2D eigenvalue weighted by atomic mass is 10.0. The Balaban J connectivity index is 1.11. The number of oxazole rings is 1. The summed E-state index contributed by atoms with van der Waals surface area (Å²) in [5.41, 5.74) is 9.99. The Kier molecular flexibility index (Phi) is 6.79.